The molecule has 2 aromatic rings. The van der Waals surface area contributed by atoms with Gasteiger partial charge in [0.25, 0.3) is 0 Å². The van der Waals surface area contributed by atoms with Gasteiger partial charge in [0.1, 0.15) is 16.8 Å². The summed E-state index contributed by atoms with van der Waals surface area (Å²) < 4.78 is 50.0. The number of ether oxygens (including phenoxy) is 2. The summed E-state index contributed by atoms with van der Waals surface area (Å²) in [7, 11) is -4.08. The van der Waals surface area contributed by atoms with Gasteiger partial charge in [-0.15, -0.1) is 0 Å². The van der Waals surface area contributed by atoms with Gasteiger partial charge in [-0.2, -0.15) is 5.26 Å². The van der Waals surface area contributed by atoms with Crippen molar-refractivity contribution in [2.45, 2.75) is 18.7 Å². The van der Waals surface area contributed by atoms with Crippen molar-refractivity contribution in [2.75, 3.05) is 13.2 Å². The van der Waals surface area contributed by atoms with Gasteiger partial charge in [-0.3, -0.25) is 0 Å². The summed E-state index contributed by atoms with van der Waals surface area (Å²) in [5.74, 6) is 0.362. The lowest BCUT2D eigenvalue weighted by molar-refractivity contribution is 0.286. The van der Waals surface area contributed by atoms with E-state index in [4.69, 9.17) is 9.47 Å². The summed E-state index contributed by atoms with van der Waals surface area (Å²) in [6, 6.07) is 9.23. The van der Waals surface area contributed by atoms with Gasteiger partial charge >= 0.3 is 0 Å². The minimum absolute atomic E-state index is 0.160. The number of rotatable bonds is 7. The zero-order valence-electron chi connectivity index (χ0n) is 14.7. The highest BCUT2D eigenvalue weighted by Crippen LogP contribution is 2.38. The van der Waals surface area contributed by atoms with Crippen LogP contribution in [0.2, 0.25) is 0 Å². The minimum Gasteiger partial charge on any atom is -0.490 e. The molecule has 0 atom stereocenters. The number of allylic oxidation sites excluding steroid dienone is 1. The molecule has 0 fully saturated rings. The van der Waals surface area contributed by atoms with E-state index in [1.165, 1.54) is 6.08 Å². The number of hydrogen-bond donors (Lipinski definition) is 0. The number of benzene rings is 2. The molecule has 0 spiro atoms. The molecule has 0 heterocycles. The summed E-state index contributed by atoms with van der Waals surface area (Å²) in [5.41, 5.74) is 0.441. The number of nitrogens with zero attached hydrogens (tertiary/aromatic N) is 1. The third kappa shape index (κ3) is 4.87. The van der Waals surface area contributed by atoms with Crippen LogP contribution in [0.5, 0.6) is 11.5 Å². The first-order valence-corrected chi connectivity index (χ1v) is 10.3. The van der Waals surface area contributed by atoms with Gasteiger partial charge in [-0.25, -0.2) is 12.8 Å². The smallest absolute Gasteiger partial charge is 0.216 e. The molecule has 0 radical (unpaired) electrons. The summed E-state index contributed by atoms with van der Waals surface area (Å²) in [5, 5.41) is 9.38. The lowest BCUT2D eigenvalue weighted by Gasteiger charge is -2.13. The molecule has 0 aliphatic rings. The zero-order valence-corrected chi connectivity index (χ0v) is 17.1. The van der Waals surface area contributed by atoms with E-state index in [1.807, 2.05) is 13.8 Å². The Balaban J connectivity index is 2.54. The molecule has 5 nitrogen and oxygen atoms in total. The number of sulfone groups is 1. The molecule has 0 N–H and O–H groups in total. The number of hydrogen-bond acceptors (Lipinski definition) is 5. The van der Waals surface area contributed by atoms with E-state index in [0.29, 0.717) is 34.7 Å². The quantitative estimate of drug-likeness (QED) is 0.447. The van der Waals surface area contributed by atoms with Gasteiger partial charge in [-0.1, -0.05) is 0 Å². The Kier molecular flexibility index (Phi) is 6.99. The van der Waals surface area contributed by atoms with Gasteiger partial charge in [0.2, 0.25) is 9.84 Å². The Morgan fingerprint density at radius 2 is 1.81 bits per heavy atom. The topological polar surface area (TPSA) is 76.4 Å². The SMILES string of the molecule is CCOc1cc(C=C(C#N)S(=O)(=O)c2ccc(F)cc2)cc(Br)c1OCC. The molecule has 0 aliphatic carbocycles. The second kappa shape index (κ2) is 9.02. The fourth-order valence-electron chi connectivity index (χ4n) is 2.28. The molecule has 0 unspecified atom stereocenters. The average Bonchev–Trinajstić information content (AvgIpc) is 2.63. The van der Waals surface area contributed by atoms with E-state index in [1.54, 1.807) is 18.2 Å². The van der Waals surface area contributed by atoms with Gasteiger partial charge in [0.15, 0.2) is 11.5 Å². The first-order valence-electron chi connectivity index (χ1n) is 8.05. The fraction of sp³-hybridized carbons (Fsp3) is 0.211. The van der Waals surface area contributed by atoms with E-state index in [-0.39, 0.29) is 4.90 Å². The van der Waals surface area contributed by atoms with Crippen LogP contribution in [0.15, 0.2) is 50.7 Å². The molecule has 0 saturated heterocycles. The van der Waals surface area contributed by atoms with Crippen molar-refractivity contribution in [2.24, 2.45) is 0 Å². The van der Waals surface area contributed by atoms with Crippen LogP contribution < -0.4 is 9.47 Å². The van der Waals surface area contributed by atoms with E-state index in [2.05, 4.69) is 15.9 Å². The average molecular weight is 454 g/mol. The Labute approximate surface area is 166 Å². The van der Waals surface area contributed by atoms with Gasteiger partial charge in [0, 0.05) is 0 Å². The molecule has 0 aliphatic heterocycles. The lowest BCUT2D eigenvalue weighted by Crippen LogP contribution is -2.04. The monoisotopic (exact) mass is 453 g/mol. The van der Waals surface area contributed by atoms with Crippen LogP contribution >= 0.6 is 15.9 Å². The fourth-order valence-corrected chi connectivity index (χ4v) is 4.01. The molecule has 2 rings (SSSR count). The van der Waals surface area contributed by atoms with Gasteiger partial charge in [0.05, 0.1) is 22.6 Å². The highest BCUT2D eigenvalue weighted by Gasteiger charge is 2.21. The molecule has 0 amide bonds. The predicted octanol–water partition coefficient (Wildman–Crippen LogP) is 4.72. The molecular formula is C19H17BrFNO4S. The zero-order chi connectivity index (χ0) is 20.0. The van der Waals surface area contributed by atoms with Crippen molar-refractivity contribution in [3.8, 4) is 17.6 Å². The number of nitriles is 1. The second-order valence-corrected chi connectivity index (χ2v) is 8.05. The van der Waals surface area contributed by atoms with Crippen molar-refractivity contribution >= 4 is 31.8 Å². The molecule has 27 heavy (non-hydrogen) atoms. The molecule has 0 aromatic heterocycles. The van der Waals surface area contributed by atoms with Gasteiger partial charge < -0.3 is 9.47 Å². The van der Waals surface area contributed by atoms with Crippen LogP contribution in [0.4, 0.5) is 4.39 Å². The second-order valence-electron chi connectivity index (χ2n) is 5.27. The Hall–Kier alpha value is -2.37. The molecule has 0 saturated carbocycles. The van der Waals surface area contributed by atoms with Crippen molar-refractivity contribution in [1.82, 2.24) is 0 Å². The minimum atomic E-state index is -4.08. The standard InChI is InChI=1S/C19H17BrFNO4S/c1-3-25-18-11-13(10-17(20)19(18)26-4-2)9-16(12-22)27(23,24)15-7-5-14(21)6-8-15/h5-11H,3-4H2,1-2H3. The predicted molar refractivity (Wildman–Crippen MR) is 104 cm³/mol. The lowest BCUT2D eigenvalue weighted by atomic mass is 10.2. The van der Waals surface area contributed by atoms with Crippen LogP contribution in [-0.4, -0.2) is 21.6 Å². The van der Waals surface area contributed by atoms with Crippen LogP contribution in [0.3, 0.4) is 0 Å². The van der Waals surface area contributed by atoms with Crippen molar-refractivity contribution in [1.29, 1.82) is 5.26 Å². The van der Waals surface area contributed by atoms with Crippen LogP contribution in [-0.2, 0) is 9.84 Å². The maximum Gasteiger partial charge on any atom is 0.216 e. The maximum atomic E-state index is 13.1. The number of halogens is 2. The Morgan fingerprint density at radius 1 is 1.19 bits per heavy atom. The van der Waals surface area contributed by atoms with E-state index in [9.17, 15) is 18.1 Å². The van der Waals surface area contributed by atoms with Crippen LogP contribution in [0.25, 0.3) is 6.08 Å². The van der Waals surface area contributed by atoms with E-state index >= 15 is 0 Å². The van der Waals surface area contributed by atoms with Crippen molar-refractivity contribution < 1.29 is 22.3 Å². The van der Waals surface area contributed by atoms with Crippen molar-refractivity contribution in [3.63, 3.8) is 0 Å². The highest BCUT2D eigenvalue weighted by atomic mass is 79.9. The Bertz CT molecular complexity index is 996. The third-order valence-corrected chi connectivity index (χ3v) is 5.71. The van der Waals surface area contributed by atoms with Gasteiger partial charge in [-0.05, 0) is 77.8 Å². The molecule has 8 heteroatoms. The molecule has 142 valence electrons. The van der Waals surface area contributed by atoms with E-state index < -0.39 is 20.6 Å². The molecular weight excluding hydrogens is 437 g/mol. The summed E-state index contributed by atoms with van der Waals surface area (Å²) in [6.45, 7) is 4.46. The summed E-state index contributed by atoms with van der Waals surface area (Å²) in [6.07, 6.45) is 1.24. The molecule has 2 aromatic carbocycles. The Morgan fingerprint density at radius 3 is 2.37 bits per heavy atom. The van der Waals surface area contributed by atoms with Crippen molar-refractivity contribution in [3.05, 3.63) is 57.2 Å². The first-order chi connectivity index (χ1) is 12.8. The highest BCUT2D eigenvalue weighted by molar-refractivity contribution is 9.10. The summed E-state index contributed by atoms with van der Waals surface area (Å²) in [4.78, 5) is -0.626. The summed E-state index contributed by atoms with van der Waals surface area (Å²) >= 11 is 3.38. The first kappa shape index (κ1) is 20.9. The molecule has 0 bridgehead atoms. The van der Waals surface area contributed by atoms with Crippen LogP contribution in [0, 0.1) is 17.1 Å². The van der Waals surface area contributed by atoms with E-state index in [0.717, 1.165) is 24.3 Å². The largest absolute Gasteiger partial charge is 0.490 e. The maximum absolute atomic E-state index is 13.1. The third-order valence-electron chi connectivity index (χ3n) is 3.44. The van der Waals surface area contributed by atoms with Crippen LogP contribution in [0.1, 0.15) is 19.4 Å². The normalized spacial score (nSPS) is 11.7.